The standard InChI is InChI=1S/C14H13NO3.CH3NO/c16-13-7-6-12(14(17)8-13)10-15(18)9-11-4-2-1-3-5-11;1-2-3/h1-9,16-17H,10H2;2H,1H2. The fourth-order valence-corrected chi connectivity index (χ4v) is 1.60. The maximum atomic E-state index is 11.7. The van der Waals surface area contributed by atoms with E-state index in [1.165, 1.54) is 29.6 Å². The molecule has 0 unspecified atom stereocenters. The van der Waals surface area contributed by atoms with Gasteiger partial charge in [-0.05, 0) is 24.3 Å². The number of rotatable bonds is 3. The fourth-order valence-electron chi connectivity index (χ4n) is 1.60. The number of hydrogen-bond donors (Lipinski definition) is 3. The Morgan fingerprint density at radius 3 is 2.33 bits per heavy atom. The van der Waals surface area contributed by atoms with Crippen molar-refractivity contribution in [3.63, 3.8) is 0 Å². The Morgan fingerprint density at radius 1 is 1.14 bits per heavy atom. The maximum absolute atomic E-state index is 11.7. The van der Waals surface area contributed by atoms with Gasteiger partial charge in [0.1, 0.15) is 18.2 Å². The molecule has 6 nitrogen and oxygen atoms in total. The van der Waals surface area contributed by atoms with Gasteiger partial charge < -0.3 is 20.6 Å². The summed E-state index contributed by atoms with van der Waals surface area (Å²) in [6, 6.07) is 13.4. The van der Waals surface area contributed by atoms with Crippen LogP contribution in [-0.4, -0.2) is 27.9 Å². The molecule has 2 aromatic carbocycles. The van der Waals surface area contributed by atoms with Gasteiger partial charge in [0.25, 0.3) is 0 Å². The van der Waals surface area contributed by atoms with Crippen LogP contribution in [0.2, 0.25) is 0 Å². The average molecular weight is 288 g/mol. The summed E-state index contributed by atoms with van der Waals surface area (Å²) in [5, 5.41) is 40.2. The minimum Gasteiger partial charge on any atom is -0.626 e. The summed E-state index contributed by atoms with van der Waals surface area (Å²) in [6.45, 7) is 2.71. The van der Waals surface area contributed by atoms with Crippen molar-refractivity contribution >= 4 is 12.9 Å². The zero-order valence-corrected chi connectivity index (χ0v) is 11.3. The van der Waals surface area contributed by atoms with Crippen LogP contribution < -0.4 is 5.16 Å². The second-order valence-corrected chi connectivity index (χ2v) is 4.07. The Hall–Kier alpha value is -3.02. The molecule has 0 aliphatic carbocycles. The molecule has 0 saturated carbocycles. The van der Waals surface area contributed by atoms with Crippen LogP contribution in [0.5, 0.6) is 11.5 Å². The Labute approximate surface area is 122 Å². The molecule has 0 radical (unpaired) electrons. The van der Waals surface area contributed by atoms with Gasteiger partial charge in [-0.3, -0.25) is 0 Å². The molecule has 2 rings (SSSR count). The van der Waals surface area contributed by atoms with E-state index in [-0.39, 0.29) is 18.0 Å². The molecule has 0 aromatic heterocycles. The molecule has 0 bridgehead atoms. The van der Waals surface area contributed by atoms with E-state index in [0.29, 0.717) is 5.56 Å². The van der Waals surface area contributed by atoms with E-state index in [9.17, 15) is 10.3 Å². The Bertz CT molecular complexity index is 612. The first-order valence-corrected chi connectivity index (χ1v) is 6.05. The van der Waals surface area contributed by atoms with Crippen LogP contribution in [0.15, 0.2) is 48.5 Å². The van der Waals surface area contributed by atoms with Crippen molar-refractivity contribution in [1.29, 1.82) is 0 Å². The van der Waals surface area contributed by atoms with Crippen molar-refractivity contribution in [3.8, 4) is 11.5 Å². The number of benzene rings is 2. The number of hydroxylamine groups is 1. The van der Waals surface area contributed by atoms with Gasteiger partial charge in [-0.25, -0.2) is 9.89 Å². The summed E-state index contributed by atoms with van der Waals surface area (Å²) in [5.74, 6) is -0.113. The predicted molar refractivity (Wildman–Crippen MR) is 80.2 cm³/mol. The number of hydrogen-bond acceptors (Lipinski definition) is 4. The first-order valence-electron chi connectivity index (χ1n) is 6.05. The maximum Gasteiger partial charge on any atom is 0.182 e. The number of nitrogens with zero attached hydrogens (tertiary/aromatic N) is 1. The van der Waals surface area contributed by atoms with E-state index in [1.807, 2.05) is 30.3 Å². The van der Waals surface area contributed by atoms with Gasteiger partial charge in [-0.1, -0.05) is 18.2 Å². The highest BCUT2D eigenvalue weighted by molar-refractivity contribution is 5.75. The molecule has 0 aliphatic rings. The third-order valence-corrected chi connectivity index (χ3v) is 2.49. The largest absolute Gasteiger partial charge is 0.626 e. The van der Waals surface area contributed by atoms with Gasteiger partial charge in [0.15, 0.2) is 12.8 Å². The summed E-state index contributed by atoms with van der Waals surface area (Å²) in [5.41, 5.74) is 1.26. The van der Waals surface area contributed by atoms with E-state index >= 15 is 0 Å². The minimum absolute atomic E-state index is 0.0271. The Morgan fingerprint density at radius 2 is 1.76 bits per heavy atom. The van der Waals surface area contributed by atoms with Gasteiger partial charge in [-0.2, -0.15) is 0 Å². The topological polar surface area (TPSA) is 104 Å². The summed E-state index contributed by atoms with van der Waals surface area (Å²) in [7, 11) is 0. The van der Waals surface area contributed by atoms with Crippen molar-refractivity contribution in [2.75, 3.05) is 0 Å². The van der Waals surface area contributed by atoms with E-state index in [0.717, 1.165) is 10.3 Å². The van der Waals surface area contributed by atoms with E-state index in [4.69, 9.17) is 10.3 Å². The van der Waals surface area contributed by atoms with Gasteiger partial charge in [0.05, 0.1) is 5.56 Å². The minimum atomic E-state index is -0.0858. The van der Waals surface area contributed by atoms with Crippen molar-refractivity contribution < 1.29 is 20.1 Å². The van der Waals surface area contributed by atoms with Crippen molar-refractivity contribution in [2.24, 2.45) is 0 Å². The van der Waals surface area contributed by atoms with E-state index in [1.54, 1.807) is 0 Å². The lowest BCUT2D eigenvalue weighted by molar-refractivity contribution is -0.469. The molecule has 0 aliphatic heterocycles. The van der Waals surface area contributed by atoms with Gasteiger partial charge >= 0.3 is 0 Å². The highest BCUT2D eigenvalue weighted by atomic mass is 16.5. The highest BCUT2D eigenvalue weighted by Crippen LogP contribution is 2.22. The highest BCUT2D eigenvalue weighted by Gasteiger charge is 2.06. The summed E-state index contributed by atoms with van der Waals surface area (Å²) < 4.78 is 0.738. The third-order valence-electron chi connectivity index (χ3n) is 2.49. The first kappa shape index (κ1) is 16.0. The smallest absolute Gasteiger partial charge is 0.182 e. The number of aromatic hydroxyl groups is 2. The predicted octanol–water partition coefficient (Wildman–Crippen LogP) is 0.493. The van der Waals surface area contributed by atoms with Crippen molar-refractivity contribution in [1.82, 2.24) is 0 Å². The Balaban J connectivity index is 0.000000677. The first-order chi connectivity index (χ1) is 10.1. The van der Waals surface area contributed by atoms with E-state index < -0.39 is 0 Å². The number of nitrogens with one attached hydrogen (secondary N) is 1. The second-order valence-electron chi connectivity index (χ2n) is 4.07. The van der Waals surface area contributed by atoms with Crippen LogP contribution >= 0.6 is 0 Å². The fraction of sp³-hybridized carbons (Fsp3) is 0.0667. The van der Waals surface area contributed by atoms with Crippen molar-refractivity contribution in [3.05, 3.63) is 70.1 Å². The molecule has 0 fully saturated rings. The van der Waals surface area contributed by atoms with Crippen LogP contribution in [0.4, 0.5) is 0 Å². The summed E-state index contributed by atoms with van der Waals surface area (Å²) in [6.07, 6.45) is 1.45. The van der Waals surface area contributed by atoms with Gasteiger partial charge in [-0.15, -0.1) is 0 Å². The lowest BCUT2D eigenvalue weighted by Gasteiger charge is -2.06. The molecule has 3 N–H and O–H groups in total. The average Bonchev–Trinajstić information content (AvgIpc) is 2.44. The van der Waals surface area contributed by atoms with Gasteiger partial charge in [0, 0.05) is 11.6 Å². The molecule has 21 heavy (non-hydrogen) atoms. The molecule has 0 saturated heterocycles. The lowest BCUT2D eigenvalue weighted by atomic mass is 10.2. The van der Waals surface area contributed by atoms with Gasteiger partial charge in [0.2, 0.25) is 0 Å². The Kier molecular flexibility index (Phi) is 6.27. The molecule has 110 valence electrons. The normalized spacial score (nSPS) is 10.4. The second kappa shape index (κ2) is 8.21. The van der Waals surface area contributed by atoms with Crippen LogP contribution in [-0.2, 0) is 6.54 Å². The SMILES string of the molecule is C=[NH+][O-].[O-][N+](=Cc1ccccc1)Cc1ccc(O)cc1O. The zero-order chi connectivity index (χ0) is 15.7. The van der Waals surface area contributed by atoms with Crippen LogP contribution in [0.25, 0.3) is 0 Å². The monoisotopic (exact) mass is 288 g/mol. The molecular formula is C15H16N2O4. The molecule has 6 heteroatoms. The summed E-state index contributed by atoms with van der Waals surface area (Å²) in [4.78, 5) is 0. The van der Waals surface area contributed by atoms with E-state index in [2.05, 4.69) is 6.72 Å². The molecule has 0 atom stereocenters. The lowest BCUT2D eigenvalue weighted by Crippen LogP contribution is -2.56. The molecular weight excluding hydrogens is 272 g/mol. The van der Waals surface area contributed by atoms with Crippen LogP contribution in [0.1, 0.15) is 11.1 Å². The van der Waals surface area contributed by atoms with Crippen LogP contribution in [0.3, 0.4) is 0 Å². The summed E-state index contributed by atoms with van der Waals surface area (Å²) >= 11 is 0. The van der Waals surface area contributed by atoms with Crippen LogP contribution in [0, 0.1) is 10.4 Å². The third kappa shape index (κ3) is 5.65. The molecule has 0 spiro atoms. The van der Waals surface area contributed by atoms with Crippen molar-refractivity contribution in [2.45, 2.75) is 6.54 Å². The molecule has 2 aromatic rings. The quantitative estimate of drug-likeness (QED) is 0.331. The number of phenols is 2. The molecule has 0 amide bonds. The zero-order valence-electron chi connectivity index (χ0n) is 11.3. The number of phenolic OH excluding ortho intramolecular Hbond substituents is 2. The molecule has 0 heterocycles.